The van der Waals surface area contributed by atoms with Crippen molar-refractivity contribution >= 4 is 21.8 Å². The maximum atomic E-state index is 12.5. The fourth-order valence-electron chi connectivity index (χ4n) is 3.10. The minimum Gasteiger partial charge on any atom is -0.377 e. The van der Waals surface area contributed by atoms with Gasteiger partial charge in [0.2, 0.25) is 10.0 Å². The molecule has 0 radical (unpaired) electrons. The second-order valence-corrected chi connectivity index (χ2v) is 9.98. The third kappa shape index (κ3) is 2.79. The minimum atomic E-state index is -3.38. The first-order valence-electron chi connectivity index (χ1n) is 7.73. The molecule has 1 aromatic heterocycles. The van der Waals surface area contributed by atoms with Crippen molar-refractivity contribution in [1.29, 1.82) is 0 Å². The summed E-state index contributed by atoms with van der Waals surface area (Å²) in [5.41, 5.74) is 0. The van der Waals surface area contributed by atoms with Gasteiger partial charge in [-0.1, -0.05) is 0 Å². The molecule has 0 aromatic carbocycles. The lowest BCUT2D eigenvalue weighted by molar-refractivity contribution is 0.0446. The second kappa shape index (κ2) is 5.47. The lowest BCUT2D eigenvalue weighted by atomic mass is 9.95. The Labute approximate surface area is 135 Å². The SMILES string of the molecule is O=S(=O)(c1cccnc1)N1CC2(C[C@@H](OCC3CC3)CS2)C1. The molecule has 7 heteroatoms. The van der Waals surface area contributed by atoms with Gasteiger partial charge in [-0.2, -0.15) is 4.31 Å². The van der Waals surface area contributed by atoms with Crippen LogP contribution in [-0.4, -0.2) is 54.0 Å². The number of thioether (sulfide) groups is 1. The van der Waals surface area contributed by atoms with Gasteiger partial charge in [0.05, 0.1) is 6.10 Å². The molecule has 0 bridgehead atoms. The Morgan fingerprint density at radius 1 is 1.41 bits per heavy atom. The van der Waals surface area contributed by atoms with E-state index in [0.29, 0.717) is 19.2 Å². The summed E-state index contributed by atoms with van der Waals surface area (Å²) in [6.07, 6.45) is 6.90. The van der Waals surface area contributed by atoms with Crippen LogP contribution in [0.15, 0.2) is 29.4 Å². The maximum absolute atomic E-state index is 12.5. The number of pyridine rings is 1. The molecule has 120 valence electrons. The quantitative estimate of drug-likeness (QED) is 0.817. The van der Waals surface area contributed by atoms with E-state index in [4.69, 9.17) is 4.74 Å². The Hall–Kier alpha value is -0.630. The first-order chi connectivity index (χ1) is 10.6. The van der Waals surface area contributed by atoms with Crippen LogP contribution in [0.2, 0.25) is 0 Å². The predicted octanol–water partition coefficient (Wildman–Crippen LogP) is 1.76. The van der Waals surface area contributed by atoms with Crippen molar-refractivity contribution in [3.8, 4) is 0 Å². The van der Waals surface area contributed by atoms with Crippen molar-refractivity contribution in [2.75, 3.05) is 25.4 Å². The zero-order chi connectivity index (χ0) is 15.2. The Bertz CT molecular complexity index is 640. The molecule has 0 unspecified atom stereocenters. The molecule has 1 aromatic rings. The van der Waals surface area contributed by atoms with Gasteiger partial charge >= 0.3 is 0 Å². The van der Waals surface area contributed by atoms with Crippen LogP contribution in [0.25, 0.3) is 0 Å². The molecule has 1 atom stereocenters. The molecule has 3 heterocycles. The number of ether oxygens (including phenoxy) is 1. The Balaban J connectivity index is 1.35. The van der Waals surface area contributed by atoms with E-state index in [0.717, 1.165) is 24.7 Å². The summed E-state index contributed by atoms with van der Waals surface area (Å²) in [6, 6.07) is 3.27. The summed E-state index contributed by atoms with van der Waals surface area (Å²) in [5.74, 6) is 1.78. The van der Waals surface area contributed by atoms with Crippen molar-refractivity contribution in [2.45, 2.75) is 35.0 Å². The van der Waals surface area contributed by atoms with Gasteiger partial charge in [-0.05, 0) is 37.3 Å². The van der Waals surface area contributed by atoms with E-state index >= 15 is 0 Å². The molecule has 22 heavy (non-hydrogen) atoms. The highest BCUT2D eigenvalue weighted by atomic mass is 32.2. The van der Waals surface area contributed by atoms with Gasteiger partial charge < -0.3 is 4.74 Å². The van der Waals surface area contributed by atoms with E-state index in [-0.39, 0.29) is 9.64 Å². The van der Waals surface area contributed by atoms with Crippen LogP contribution >= 0.6 is 11.8 Å². The molecule has 4 rings (SSSR count). The van der Waals surface area contributed by atoms with Gasteiger partial charge in [0.15, 0.2) is 0 Å². The van der Waals surface area contributed by atoms with Crippen molar-refractivity contribution in [3.05, 3.63) is 24.5 Å². The standard InChI is InChI=1S/C15H20N2O3S2/c18-22(19,14-2-1-5-16-7-14)17-10-15(11-17)6-13(9-21-15)20-8-12-3-4-12/h1-2,5,7,12-13H,3-4,6,8-11H2/t13-/m1/s1. The fraction of sp³-hybridized carbons (Fsp3) is 0.667. The Morgan fingerprint density at radius 3 is 2.91 bits per heavy atom. The summed E-state index contributed by atoms with van der Waals surface area (Å²) < 4.78 is 32.6. The third-order valence-electron chi connectivity index (χ3n) is 4.64. The molecular formula is C15H20N2O3S2. The van der Waals surface area contributed by atoms with Gasteiger partial charge in [-0.15, -0.1) is 11.8 Å². The number of hydrogen-bond acceptors (Lipinski definition) is 5. The van der Waals surface area contributed by atoms with E-state index < -0.39 is 10.0 Å². The smallest absolute Gasteiger partial charge is 0.244 e. The average molecular weight is 340 g/mol. The molecule has 2 saturated heterocycles. The molecule has 5 nitrogen and oxygen atoms in total. The average Bonchev–Trinajstić information content (AvgIpc) is 3.22. The first kappa shape index (κ1) is 14.9. The zero-order valence-electron chi connectivity index (χ0n) is 12.3. The van der Waals surface area contributed by atoms with Crippen LogP contribution < -0.4 is 0 Å². The minimum absolute atomic E-state index is 0.0729. The van der Waals surface area contributed by atoms with Crippen LogP contribution in [0.1, 0.15) is 19.3 Å². The topological polar surface area (TPSA) is 59.5 Å². The monoisotopic (exact) mass is 340 g/mol. The summed E-state index contributed by atoms with van der Waals surface area (Å²) in [5, 5.41) is 0. The van der Waals surface area contributed by atoms with Gasteiger partial charge in [0.1, 0.15) is 4.90 Å². The third-order valence-corrected chi connectivity index (χ3v) is 7.99. The Morgan fingerprint density at radius 2 is 2.23 bits per heavy atom. The number of rotatable bonds is 5. The highest BCUT2D eigenvalue weighted by molar-refractivity contribution is 8.01. The van der Waals surface area contributed by atoms with Crippen LogP contribution in [0, 0.1) is 5.92 Å². The van der Waals surface area contributed by atoms with Gasteiger partial charge in [0, 0.05) is 42.6 Å². The van der Waals surface area contributed by atoms with E-state index in [2.05, 4.69) is 4.98 Å². The molecule has 1 saturated carbocycles. The maximum Gasteiger partial charge on any atom is 0.244 e. The molecule has 3 fully saturated rings. The lowest BCUT2D eigenvalue weighted by Crippen LogP contribution is -2.60. The fourth-order valence-corrected chi connectivity index (χ4v) is 6.39. The summed E-state index contributed by atoms with van der Waals surface area (Å²) in [7, 11) is -3.38. The molecule has 0 amide bonds. The van der Waals surface area contributed by atoms with Crippen molar-refractivity contribution < 1.29 is 13.2 Å². The molecule has 1 spiro atoms. The lowest BCUT2D eigenvalue weighted by Gasteiger charge is -2.46. The van der Waals surface area contributed by atoms with E-state index in [1.807, 2.05) is 11.8 Å². The second-order valence-electron chi connectivity index (χ2n) is 6.56. The van der Waals surface area contributed by atoms with Crippen molar-refractivity contribution in [3.63, 3.8) is 0 Å². The molecule has 0 N–H and O–H groups in total. The van der Waals surface area contributed by atoms with E-state index in [9.17, 15) is 8.42 Å². The number of sulfonamides is 1. The van der Waals surface area contributed by atoms with Crippen LogP contribution in [-0.2, 0) is 14.8 Å². The van der Waals surface area contributed by atoms with Crippen molar-refractivity contribution in [1.82, 2.24) is 9.29 Å². The highest BCUT2D eigenvalue weighted by Crippen LogP contribution is 2.47. The molecule has 3 aliphatic rings. The summed E-state index contributed by atoms with van der Waals surface area (Å²) >= 11 is 1.88. The van der Waals surface area contributed by atoms with Crippen molar-refractivity contribution in [2.24, 2.45) is 5.92 Å². The highest BCUT2D eigenvalue weighted by Gasteiger charge is 2.53. The largest absolute Gasteiger partial charge is 0.377 e. The van der Waals surface area contributed by atoms with E-state index in [1.54, 1.807) is 22.6 Å². The van der Waals surface area contributed by atoms with Gasteiger partial charge in [0.25, 0.3) is 0 Å². The number of hydrogen-bond donors (Lipinski definition) is 0. The molecule has 2 aliphatic heterocycles. The van der Waals surface area contributed by atoms with Crippen LogP contribution in [0.3, 0.4) is 0 Å². The van der Waals surface area contributed by atoms with Crippen LogP contribution in [0.4, 0.5) is 0 Å². The number of nitrogens with zero attached hydrogens (tertiary/aromatic N) is 2. The number of aromatic nitrogens is 1. The van der Waals surface area contributed by atoms with E-state index in [1.165, 1.54) is 19.0 Å². The van der Waals surface area contributed by atoms with Crippen LogP contribution in [0.5, 0.6) is 0 Å². The van der Waals surface area contributed by atoms with Gasteiger partial charge in [-0.25, -0.2) is 8.42 Å². The molecule has 1 aliphatic carbocycles. The zero-order valence-corrected chi connectivity index (χ0v) is 14.0. The van der Waals surface area contributed by atoms with Gasteiger partial charge in [-0.3, -0.25) is 4.98 Å². The molecular weight excluding hydrogens is 320 g/mol. The normalized spacial score (nSPS) is 27.9. The predicted molar refractivity (Wildman–Crippen MR) is 85.3 cm³/mol. The first-order valence-corrected chi connectivity index (χ1v) is 10.2. The summed E-state index contributed by atoms with van der Waals surface area (Å²) in [4.78, 5) is 4.19. The summed E-state index contributed by atoms with van der Waals surface area (Å²) in [6.45, 7) is 2.08. The Kier molecular flexibility index (Phi) is 3.71.